The van der Waals surface area contributed by atoms with Crippen LogP contribution in [0.1, 0.15) is 22.9 Å². The molecule has 0 spiro atoms. The maximum Gasteiger partial charge on any atom is 0.262 e. The third-order valence-corrected chi connectivity index (χ3v) is 5.16. The lowest BCUT2D eigenvalue weighted by molar-refractivity contribution is -0.116. The molecular formula is C18H19N3O2S. The summed E-state index contributed by atoms with van der Waals surface area (Å²) < 4.78 is 1.36. The van der Waals surface area contributed by atoms with Gasteiger partial charge in [0.1, 0.15) is 11.4 Å². The van der Waals surface area contributed by atoms with E-state index in [0.29, 0.717) is 5.39 Å². The Morgan fingerprint density at radius 2 is 2.00 bits per heavy atom. The van der Waals surface area contributed by atoms with Gasteiger partial charge in [0.25, 0.3) is 5.56 Å². The van der Waals surface area contributed by atoms with Crippen LogP contribution in [0.25, 0.3) is 10.2 Å². The number of carbonyl (C=O) groups excluding carboxylic acids is 1. The number of amides is 1. The van der Waals surface area contributed by atoms with E-state index in [4.69, 9.17) is 0 Å². The summed E-state index contributed by atoms with van der Waals surface area (Å²) in [5, 5.41) is 3.48. The van der Waals surface area contributed by atoms with Gasteiger partial charge in [-0.3, -0.25) is 14.2 Å². The maximum absolute atomic E-state index is 12.5. The number of aromatic nitrogens is 2. The first-order valence-corrected chi connectivity index (χ1v) is 8.65. The summed E-state index contributed by atoms with van der Waals surface area (Å²) in [6, 6.07) is 7.71. The second kappa shape index (κ2) is 6.57. The standard InChI is InChI=1S/C18H19N3O2S/c1-4-13-8-14-17(24-13)19-10-21(18(14)23)9-15(22)20-16-11(2)6-5-7-12(16)3/h5-8,10H,4,9H2,1-3H3,(H,20,22). The number of carbonyl (C=O) groups is 1. The first-order valence-electron chi connectivity index (χ1n) is 7.83. The van der Waals surface area contributed by atoms with Crippen LogP contribution in [0, 0.1) is 13.8 Å². The Balaban J connectivity index is 1.85. The van der Waals surface area contributed by atoms with Gasteiger partial charge in [0, 0.05) is 10.6 Å². The van der Waals surface area contributed by atoms with Gasteiger partial charge in [0.2, 0.25) is 5.91 Å². The third-order valence-electron chi connectivity index (χ3n) is 3.98. The highest BCUT2D eigenvalue weighted by molar-refractivity contribution is 7.18. The van der Waals surface area contributed by atoms with E-state index in [2.05, 4.69) is 10.3 Å². The van der Waals surface area contributed by atoms with Crippen molar-refractivity contribution in [3.05, 3.63) is 57.0 Å². The molecule has 0 radical (unpaired) electrons. The number of fused-ring (bicyclic) bond motifs is 1. The van der Waals surface area contributed by atoms with Gasteiger partial charge >= 0.3 is 0 Å². The lowest BCUT2D eigenvalue weighted by Gasteiger charge is -2.12. The normalized spacial score (nSPS) is 11.0. The number of nitrogens with zero attached hydrogens (tertiary/aromatic N) is 2. The molecule has 0 aliphatic heterocycles. The van der Waals surface area contributed by atoms with E-state index in [1.807, 2.05) is 45.0 Å². The molecule has 0 fully saturated rings. The topological polar surface area (TPSA) is 64.0 Å². The van der Waals surface area contributed by atoms with Crippen molar-refractivity contribution in [2.45, 2.75) is 33.7 Å². The molecule has 3 rings (SSSR count). The van der Waals surface area contributed by atoms with Crippen LogP contribution in [-0.2, 0) is 17.8 Å². The number of nitrogens with one attached hydrogen (secondary N) is 1. The highest BCUT2D eigenvalue weighted by Gasteiger charge is 2.12. The van der Waals surface area contributed by atoms with Crippen LogP contribution < -0.4 is 10.9 Å². The predicted octanol–water partition coefficient (Wildman–Crippen LogP) is 3.28. The highest BCUT2D eigenvalue weighted by atomic mass is 32.1. The van der Waals surface area contributed by atoms with Gasteiger partial charge < -0.3 is 5.32 Å². The Hall–Kier alpha value is -2.47. The van der Waals surface area contributed by atoms with Crippen LogP contribution in [0.15, 0.2) is 35.4 Å². The molecule has 0 aliphatic rings. The number of benzene rings is 1. The Labute approximate surface area is 144 Å². The summed E-state index contributed by atoms with van der Waals surface area (Å²) in [4.78, 5) is 31.0. The van der Waals surface area contributed by atoms with Crippen molar-refractivity contribution < 1.29 is 4.79 Å². The van der Waals surface area contributed by atoms with Crippen molar-refractivity contribution in [2.24, 2.45) is 0 Å². The molecule has 6 heteroatoms. The van der Waals surface area contributed by atoms with Gasteiger partial charge in [0.05, 0.1) is 11.7 Å². The molecule has 24 heavy (non-hydrogen) atoms. The summed E-state index contributed by atoms with van der Waals surface area (Å²) in [5.74, 6) is -0.235. The molecule has 0 atom stereocenters. The summed E-state index contributed by atoms with van der Waals surface area (Å²) in [7, 11) is 0. The first-order chi connectivity index (χ1) is 11.5. The first kappa shape index (κ1) is 16.4. The molecule has 0 aliphatic carbocycles. The molecule has 0 saturated carbocycles. The van der Waals surface area contributed by atoms with E-state index >= 15 is 0 Å². The van der Waals surface area contributed by atoms with Crippen molar-refractivity contribution in [2.75, 3.05) is 5.32 Å². The van der Waals surface area contributed by atoms with Crippen molar-refractivity contribution in [1.29, 1.82) is 0 Å². The quantitative estimate of drug-likeness (QED) is 0.792. The Kier molecular flexibility index (Phi) is 4.49. The van der Waals surface area contributed by atoms with E-state index in [0.717, 1.165) is 32.9 Å². The van der Waals surface area contributed by atoms with Gasteiger partial charge in [0.15, 0.2) is 0 Å². The molecule has 1 amide bonds. The molecule has 2 heterocycles. The van der Waals surface area contributed by atoms with Crippen LogP contribution in [0.3, 0.4) is 0 Å². The molecule has 0 saturated heterocycles. The summed E-state index contributed by atoms with van der Waals surface area (Å²) in [5.41, 5.74) is 2.62. The van der Waals surface area contributed by atoms with Crippen LogP contribution >= 0.6 is 11.3 Å². The van der Waals surface area contributed by atoms with Gasteiger partial charge in [-0.05, 0) is 37.5 Å². The molecule has 2 aromatic heterocycles. The predicted molar refractivity (Wildman–Crippen MR) is 97.8 cm³/mol. The Bertz CT molecular complexity index is 952. The lowest BCUT2D eigenvalue weighted by atomic mass is 10.1. The van der Waals surface area contributed by atoms with E-state index < -0.39 is 0 Å². The minimum atomic E-state index is -0.235. The minimum absolute atomic E-state index is 0.0488. The zero-order valence-electron chi connectivity index (χ0n) is 13.9. The van der Waals surface area contributed by atoms with Crippen molar-refractivity contribution in [1.82, 2.24) is 9.55 Å². The van der Waals surface area contributed by atoms with E-state index in [1.54, 1.807) is 0 Å². The zero-order valence-corrected chi connectivity index (χ0v) is 14.7. The van der Waals surface area contributed by atoms with Crippen molar-refractivity contribution in [3.8, 4) is 0 Å². The molecule has 1 aromatic carbocycles. The summed E-state index contributed by atoms with van der Waals surface area (Å²) >= 11 is 1.52. The largest absolute Gasteiger partial charge is 0.324 e. The van der Waals surface area contributed by atoms with Gasteiger partial charge in [-0.25, -0.2) is 4.98 Å². The number of para-hydroxylation sites is 1. The van der Waals surface area contributed by atoms with Crippen LogP contribution in [0.2, 0.25) is 0 Å². The van der Waals surface area contributed by atoms with Crippen molar-refractivity contribution >= 4 is 33.1 Å². The van der Waals surface area contributed by atoms with E-state index in [9.17, 15) is 9.59 Å². The second-order valence-electron chi connectivity index (χ2n) is 5.78. The Morgan fingerprint density at radius 3 is 2.67 bits per heavy atom. The second-order valence-corrected chi connectivity index (χ2v) is 6.89. The third kappa shape index (κ3) is 3.10. The zero-order chi connectivity index (χ0) is 17.3. The molecule has 5 nitrogen and oxygen atoms in total. The Morgan fingerprint density at radius 1 is 1.29 bits per heavy atom. The molecule has 1 N–H and O–H groups in total. The summed E-state index contributed by atoms with van der Waals surface area (Å²) in [6.45, 7) is 5.88. The lowest BCUT2D eigenvalue weighted by Crippen LogP contribution is -2.28. The minimum Gasteiger partial charge on any atom is -0.324 e. The number of rotatable bonds is 4. The van der Waals surface area contributed by atoms with Gasteiger partial charge in [-0.15, -0.1) is 11.3 Å². The average molecular weight is 341 g/mol. The number of hydrogen-bond donors (Lipinski definition) is 1. The van der Waals surface area contributed by atoms with Crippen LogP contribution in [0.5, 0.6) is 0 Å². The fourth-order valence-electron chi connectivity index (χ4n) is 2.64. The highest BCUT2D eigenvalue weighted by Crippen LogP contribution is 2.21. The fourth-order valence-corrected chi connectivity index (χ4v) is 3.57. The number of aryl methyl sites for hydroxylation is 3. The smallest absolute Gasteiger partial charge is 0.262 e. The van der Waals surface area contributed by atoms with E-state index in [-0.39, 0.29) is 18.0 Å². The van der Waals surface area contributed by atoms with E-state index in [1.165, 1.54) is 22.2 Å². The monoisotopic (exact) mass is 341 g/mol. The molecule has 124 valence electrons. The van der Waals surface area contributed by atoms with Gasteiger partial charge in [-0.2, -0.15) is 0 Å². The van der Waals surface area contributed by atoms with Crippen LogP contribution in [-0.4, -0.2) is 15.5 Å². The fraction of sp³-hybridized carbons (Fsp3) is 0.278. The average Bonchev–Trinajstić information content (AvgIpc) is 2.98. The molecular weight excluding hydrogens is 322 g/mol. The number of hydrogen-bond acceptors (Lipinski definition) is 4. The molecule has 0 bridgehead atoms. The van der Waals surface area contributed by atoms with Gasteiger partial charge in [-0.1, -0.05) is 25.1 Å². The molecule has 3 aromatic rings. The maximum atomic E-state index is 12.5. The number of thiophene rings is 1. The SMILES string of the molecule is CCc1cc2c(=O)n(CC(=O)Nc3c(C)cccc3C)cnc2s1. The van der Waals surface area contributed by atoms with Crippen LogP contribution in [0.4, 0.5) is 5.69 Å². The summed E-state index contributed by atoms with van der Waals surface area (Å²) in [6.07, 6.45) is 2.32. The number of anilines is 1. The molecule has 0 unspecified atom stereocenters. The van der Waals surface area contributed by atoms with Crippen molar-refractivity contribution in [3.63, 3.8) is 0 Å².